The highest BCUT2D eigenvalue weighted by Gasteiger charge is 2.26. The molecule has 2 N–H and O–H groups in total. The molecule has 0 radical (unpaired) electrons. The van der Waals surface area contributed by atoms with Crippen LogP contribution in [0.2, 0.25) is 0 Å². The third-order valence-electron chi connectivity index (χ3n) is 4.56. The molecule has 1 aromatic carbocycles. The summed E-state index contributed by atoms with van der Waals surface area (Å²) < 4.78 is 6.02. The van der Waals surface area contributed by atoms with Crippen molar-refractivity contribution in [1.29, 1.82) is 0 Å². The van der Waals surface area contributed by atoms with Crippen molar-refractivity contribution in [1.82, 2.24) is 4.90 Å². The van der Waals surface area contributed by atoms with Gasteiger partial charge in [0.25, 0.3) is 0 Å². The Morgan fingerprint density at radius 1 is 1.35 bits per heavy atom. The molecule has 1 aromatic heterocycles. The van der Waals surface area contributed by atoms with E-state index in [0.29, 0.717) is 6.54 Å². The zero-order valence-corrected chi connectivity index (χ0v) is 12.2. The molecule has 0 spiro atoms. The number of fused-ring (bicyclic) bond motifs is 1. The fraction of sp³-hybridized carbons (Fsp3) is 0.529. The molecule has 0 saturated heterocycles. The van der Waals surface area contributed by atoms with Gasteiger partial charge in [0.15, 0.2) is 0 Å². The Kier molecular flexibility index (Phi) is 4.08. The number of likely N-dealkylation sites (N-methyl/N-ethyl adjacent to an activating group) is 1. The summed E-state index contributed by atoms with van der Waals surface area (Å²) in [4.78, 5) is 2.47. The minimum Gasteiger partial charge on any atom is -0.459 e. The number of hydrogen-bond donors (Lipinski definition) is 1. The van der Waals surface area contributed by atoms with Crippen LogP contribution in [0.5, 0.6) is 0 Å². The van der Waals surface area contributed by atoms with E-state index >= 15 is 0 Å². The Bertz CT molecular complexity index is 526. The SMILES string of the molecule is CCN(CC1CCC1)C(CN)c1cc2ccccc2o1. The van der Waals surface area contributed by atoms with E-state index in [9.17, 15) is 0 Å². The molecular formula is C17H24N2O. The molecule has 1 atom stereocenters. The summed E-state index contributed by atoms with van der Waals surface area (Å²) >= 11 is 0. The molecule has 3 heteroatoms. The molecule has 1 heterocycles. The van der Waals surface area contributed by atoms with Crippen molar-refractivity contribution in [2.75, 3.05) is 19.6 Å². The van der Waals surface area contributed by atoms with Gasteiger partial charge in [0, 0.05) is 18.5 Å². The lowest BCUT2D eigenvalue weighted by molar-refractivity contribution is 0.130. The van der Waals surface area contributed by atoms with Gasteiger partial charge in [-0.3, -0.25) is 4.90 Å². The number of rotatable bonds is 6. The van der Waals surface area contributed by atoms with Crippen LogP contribution in [0.1, 0.15) is 38.0 Å². The predicted octanol–water partition coefficient (Wildman–Crippen LogP) is 3.55. The molecule has 3 nitrogen and oxygen atoms in total. The van der Waals surface area contributed by atoms with E-state index in [1.165, 1.54) is 24.6 Å². The monoisotopic (exact) mass is 272 g/mol. The lowest BCUT2D eigenvalue weighted by Crippen LogP contribution is -2.38. The highest BCUT2D eigenvalue weighted by Crippen LogP contribution is 2.32. The summed E-state index contributed by atoms with van der Waals surface area (Å²) in [7, 11) is 0. The van der Waals surface area contributed by atoms with Crippen molar-refractivity contribution in [3.63, 3.8) is 0 Å². The number of furan rings is 1. The number of para-hydroxylation sites is 1. The summed E-state index contributed by atoms with van der Waals surface area (Å²) in [6.07, 6.45) is 4.13. The van der Waals surface area contributed by atoms with Crippen LogP contribution >= 0.6 is 0 Å². The van der Waals surface area contributed by atoms with Gasteiger partial charge in [0.2, 0.25) is 0 Å². The van der Waals surface area contributed by atoms with E-state index in [-0.39, 0.29) is 6.04 Å². The Balaban J connectivity index is 1.82. The minimum absolute atomic E-state index is 0.202. The van der Waals surface area contributed by atoms with Crippen LogP contribution in [0, 0.1) is 5.92 Å². The van der Waals surface area contributed by atoms with Gasteiger partial charge in [0.1, 0.15) is 11.3 Å². The molecule has 108 valence electrons. The van der Waals surface area contributed by atoms with Crippen molar-refractivity contribution in [2.45, 2.75) is 32.2 Å². The van der Waals surface area contributed by atoms with Gasteiger partial charge in [-0.1, -0.05) is 31.5 Å². The molecule has 1 unspecified atom stereocenters. The summed E-state index contributed by atoms with van der Waals surface area (Å²) in [5.41, 5.74) is 7.00. The molecule has 0 bridgehead atoms. The molecule has 3 rings (SSSR count). The largest absolute Gasteiger partial charge is 0.459 e. The van der Waals surface area contributed by atoms with Crippen LogP contribution in [-0.2, 0) is 0 Å². The maximum Gasteiger partial charge on any atom is 0.134 e. The van der Waals surface area contributed by atoms with E-state index in [2.05, 4.69) is 24.0 Å². The molecule has 0 amide bonds. The first-order valence-electron chi connectivity index (χ1n) is 7.74. The Morgan fingerprint density at radius 2 is 2.15 bits per heavy atom. The number of benzene rings is 1. The van der Waals surface area contributed by atoms with E-state index in [0.717, 1.165) is 30.4 Å². The quantitative estimate of drug-likeness (QED) is 0.874. The molecule has 1 fully saturated rings. The van der Waals surface area contributed by atoms with Gasteiger partial charge < -0.3 is 10.2 Å². The minimum atomic E-state index is 0.202. The first-order chi connectivity index (χ1) is 9.81. The first kappa shape index (κ1) is 13.7. The van der Waals surface area contributed by atoms with E-state index in [1.54, 1.807) is 0 Å². The third-order valence-corrected chi connectivity index (χ3v) is 4.56. The van der Waals surface area contributed by atoms with E-state index < -0.39 is 0 Å². The van der Waals surface area contributed by atoms with Gasteiger partial charge in [-0.25, -0.2) is 0 Å². The van der Waals surface area contributed by atoms with Gasteiger partial charge in [-0.15, -0.1) is 0 Å². The van der Waals surface area contributed by atoms with Crippen LogP contribution in [0.4, 0.5) is 0 Å². The standard InChI is InChI=1S/C17H24N2O/c1-2-19(12-13-6-5-7-13)15(11-18)17-10-14-8-3-4-9-16(14)20-17/h3-4,8-10,13,15H,2,5-7,11-12,18H2,1H3. The lowest BCUT2D eigenvalue weighted by Gasteiger charge is -2.35. The zero-order chi connectivity index (χ0) is 13.9. The van der Waals surface area contributed by atoms with Crippen LogP contribution in [0.25, 0.3) is 11.0 Å². The summed E-state index contributed by atoms with van der Waals surface area (Å²) in [5.74, 6) is 1.86. The molecule has 20 heavy (non-hydrogen) atoms. The lowest BCUT2D eigenvalue weighted by atomic mass is 9.85. The van der Waals surface area contributed by atoms with E-state index in [4.69, 9.17) is 10.2 Å². The maximum atomic E-state index is 6.04. The van der Waals surface area contributed by atoms with Crippen molar-refractivity contribution < 1.29 is 4.42 Å². The fourth-order valence-electron chi connectivity index (χ4n) is 3.10. The Hall–Kier alpha value is -1.32. The highest BCUT2D eigenvalue weighted by molar-refractivity contribution is 5.77. The molecular weight excluding hydrogens is 248 g/mol. The molecule has 1 aliphatic rings. The second-order valence-corrected chi connectivity index (χ2v) is 5.82. The van der Waals surface area contributed by atoms with Crippen LogP contribution < -0.4 is 5.73 Å². The fourth-order valence-corrected chi connectivity index (χ4v) is 3.10. The van der Waals surface area contributed by atoms with Gasteiger partial charge >= 0.3 is 0 Å². The highest BCUT2D eigenvalue weighted by atomic mass is 16.3. The maximum absolute atomic E-state index is 6.04. The Labute approximate surface area is 120 Å². The molecule has 0 aliphatic heterocycles. The van der Waals surface area contributed by atoms with E-state index in [1.807, 2.05) is 18.2 Å². The first-order valence-corrected chi connectivity index (χ1v) is 7.74. The van der Waals surface area contributed by atoms with Gasteiger partial charge in [0.05, 0.1) is 6.04 Å². The third kappa shape index (κ3) is 2.60. The number of nitrogens with two attached hydrogens (primary N) is 1. The van der Waals surface area contributed by atoms with Crippen LogP contribution in [0.3, 0.4) is 0 Å². The molecule has 1 saturated carbocycles. The van der Waals surface area contributed by atoms with Crippen molar-refractivity contribution in [3.05, 3.63) is 36.1 Å². The van der Waals surface area contributed by atoms with Crippen molar-refractivity contribution >= 4 is 11.0 Å². The summed E-state index contributed by atoms with van der Waals surface area (Å²) in [6, 6.07) is 10.5. The second-order valence-electron chi connectivity index (χ2n) is 5.82. The van der Waals surface area contributed by atoms with Gasteiger partial charge in [-0.05, 0) is 37.4 Å². The Morgan fingerprint density at radius 3 is 2.75 bits per heavy atom. The number of hydrogen-bond acceptors (Lipinski definition) is 3. The smallest absolute Gasteiger partial charge is 0.134 e. The van der Waals surface area contributed by atoms with Crippen LogP contribution in [-0.4, -0.2) is 24.5 Å². The zero-order valence-electron chi connectivity index (χ0n) is 12.2. The number of nitrogens with zero attached hydrogens (tertiary/aromatic N) is 1. The molecule has 2 aromatic rings. The van der Waals surface area contributed by atoms with Crippen molar-refractivity contribution in [2.24, 2.45) is 11.7 Å². The van der Waals surface area contributed by atoms with Crippen LogP contribution in [0.15, 0.2) is 34.7 Å². The summed E-state index contributed by atoms with van der Waals surface area (Å²) in [5, 5.41) is 1.17. The van der Waals surface area contributed by atoms with Crippen molar-refractivity contribution in [3.8, 4) is 0 Å². The second kappa shape index (κ2) is 5.98. The normalized spacial score (nSPS) is 17.6. The topological polar surface area (TPSA) is 42.4 Å². The average Bonchev–Trinajstić information content (AvgIpc) is 2.84. The van der Waals surface area contributed by atoms with Gasteiger partial charge in [-0.2, -0.15) is 0 Å². The molecule has 1 aliphatic carbocycles. The average molecular weight is 272 g/mol. The summed E-state index contributed by atoms with van der Waals surface area (Å²) in [6.45, 7) is 5.00. The predicted molar refractivity (Wildman–Crippen MR) is 82.6 cm³/mol.